The van der Waals surface area contributed by atoms with E-state index in [2.05, 4.69) is 0 Å². The average molecular weight is 326 g/mol. The van der Waals surface area contributed by atoms with Crippen molar-refractivity contribution in [3.63, 3.8) is 0 Å². The number of carbonyl (C=O) groups excluding carboxylic acids is 2. The van der Waals surface area contributed by atoms with E-state index in [0.29, 0.717) is 5.02 Å². The lowest BCUT2D eigenvalue weighted by Crippen LogP contribution is -2.15. The summed E-state index contributed by atoms with van der Waals surface area (Å²) in [4.78, 5) is 23.6. The average Bonchev–Trinajstić information content (AvgIpc) is 2.47. The molecule has 4 nitrogen and oxygen atoms in total. The molecule has 0 heterocycles. The van der Waals surface area contributed by atoms with Gasteiger partial charge < -0.3 is 10.5 Å². The van der Waals surface area contributed by atoms with Gasteiger partial charge in [-0.25, -0.2) is 13.6 Å². The summed E-state index contributed by atoms with van der Waals surface area (Å²) >= 11 is 5.70. The van der Waals surface area contributed by atoms with Gasteiger partial charge in [-0.3, -0.25) is 4.79 Å². The molecule has 0 aromatic heterocycles. The predicted molar refractivity (Wildman–Crippen MR) is 76.8 cm³/mol. The summed E-state index contributed by atoms with van der Waals surface area (Å²) in [5.41, 5.74) is 5.68. The van der Waals surface area contributed by atoms with Crippen LogP contribution in [0.5, 0.6) is 0 Å². The SMILES string of the molecule is Nc1cc(Cl)ccc1C(=O)OCC(=O)c1ccc(F)c(F)c1. The van der Waals surface area contributed by atoms with E-state index >= 15 is 0 Å². The molecule has 0 aliphatic rings. The molecule has 2 rings (SSSR count). The predicted octanol–water partition coefficient (Wildman–Crippen LogP) is 3.24. The molecule has 0 aliphatic heterocycles. The number of nitrogens with two attached hydrogens (primary N) is 1. The van der Waals surface area contributed by atoms with Crippen molar-refractivity contribution in [2.24, 2.45) is 0 Å². The maximum absolute atomic E-state index is 13.0. The molecule has 2 aromatic carbocycles. The van der Waals surface area contributed by atoms with Crippen LogP contribution in [0.1, 0.15) is 20.7 Å². The third-order valence-corrected chi connectivity index (χ3v) is 3.04. The monoisotopic (exact) mass is 325 g/mol. The number of ketones is 1. The van der Waals surface area contributed by atoms with Crippen molar-refractivity contribution in [1.82, 2.24) is 0 Å². The van der Waals surface area contributed by atoms with E-state index < -0.39 is 30.0 Å². The van der Waals surface area contributed by atoms with Crippen molar-refractivity contribution in [2.75, 3.05) is 12.3 Å². The minimum Gasteiger partial charge on any atom is -0.454 e. The fraction of sp³-hybridized carbons (Fsp3) is 0.0667. The minimum absolute atomic E-state index is 0.0579. The lowest BCUT2D eigenvalue weighted by Gasteiger charge is -2.07. The van der Waals surface area contributed by atoms with E-state index in [1.54, 1.807) is 0 Å². The van der Waals surface area contributed by atoms with E-state index in [-0.39, 0.29) is 16.8 Å². The van der Waals surface area contributed by atoms with Gasteiger partial charge in [-0.15, -0.1) is 0 Å². The molecule has 0 atom stereocenters. The van der Waals surface area contributed by atoms with Gasteiger partial charge in [0.1, 0.15) is 0 Å². The van der Waals surface area contributed by atoms with E-state index in [1.165, 1.54) is 18.2 Å². The van der Waals surface area contributed by atoms with Gasteiger partial charge in [0.15, 0.2) is 24.0 Å². The van der Waals surface area contributed by atoms with Crippen LogP contribution in [0.25, 0.3) is 0 Å². The highest BCUT2D eigenvalue weighted by Gasteiger charge is 2.15. The molecule has 114 valence electrons. The van der Waals surface area contributed by atoms with Crippen molar-refractivity contribution in [3.8, 4) is 0 Å². The highest BCUT2D eigenvalue weighted by Crippen LogP contribution is 2.19. The van der Waals surface area contributed by atoms with Gasteiger partial charge in [-0.1, -0.05) is 11.6 Å². The Labute approximate surface area is 129 Å². The van der Waals surface area contributed by atoms with E-state index in [1.807, 2.05) is 0 Å². The topological polar surface area (TPSA) is 69.4 Å². The molecule has 7 heteroatoms. The minimum atomic E-state index is -1.15. The molecule has 0 spiro atoms. The van der Waals surface area contributed by atoms with Crippen LogP contribution in [0.3, 0.4) is 0 Å². The van der Waals surface area contributed by atoms with E-state index in [9.17, 15) is 18.4 Å². The van der Waals surface area contributed by atoms with Crippen LogP contribution in [0.4, 0.5) is 14.5 Å². The number of benzene rings is 2. The third-order valence-electron chi connectivity index (χ3n) is 2.81. The molecule has 22 heavy (non-hydrogen) atoms. The van der Waals surface area contributed by atoms with Gasteiger partial charge in [0.2, 0.25) is 0 Å². The standard InChI is InChI=1S/C15H10ClF2NO3/c16-9-2-3-10(13(19)6-9)15(21)22-7-14(20)8-1-4-11(17)12(18)5-8/h1-6H,7,19H2. The Hall–Kier alpha value is -2.47. The normalized spacial score (nSPS) is 10.3. The van der Waals surface area contributed by atoms with Crippen molar-refractivity contribution in [3.05, 3.63) is 64.2 Å². The van der Waals surface area contributed by atoms with Crippen molar-refractivity contribution >= 4 is 29.0 Å². The first-order valence-corrected chi connectivity index (χ1v) is 6.46. The highest BCUT2D eigenvalue weighted by molar-refractivity contribution is 6.31. The number of hydrogen-bond acceptors (Lipinski definition) is 4. The van der Waals surface area contributed by atoms with Gasteiger partial charge in [-0.2, -0.15) is 0 Å². The number of halogens is 3. The molecule has 0 saturated heterocycles. The molecular weight excluding hydrogens is 316 g/mol. The van der Waals surface area contributed by atoms with Gasteiger partial charge in [0.05, 0.1) is 5.56 Å². The van der Waals surface area contributed by atoms with Crippen LogP contribution in [0.2, 0.25) is 5.02 Å². The molecule has 2 aromatic rings. The number of esters is 1. The van der Waals surface area contributed by atoms with Gasteiger partial charge in [0, 0.05) is 16.3 Å². The van der Waals surface area contributed by atoms with Crippen LogP contribution in [-0.2, 0) is 4.74 Å². The maximum Gasteiger partial charge on any atom is 0.340 e. The Kier molecular flexibility index (Phi) is 4.72. The molecule has 2 N–H and O–H groups in total. The van der Waals surface area contributed by atoms with E-state index in [4.69, 9.17) is 22.1 Å². The zero-order valence-corrected chi connectivity index (χ0v) is 11.9. The smallest absolute Gasteiger partial charge is 0.340 e. The van der Waals surface area contributed by atoms with Crippen LogP contribution in [0.15, 0.2) is 36.4 Å². The second-order valence-corrected chi connectivity index (χ2v) is 4.80. The van der Waals surface area contributed by atoms with Crippen LogP contribution in [-0.4, -0.2) is 18.4 Å². The highest BCUT2D eigenvalue weighted by atomic mass is 35.5. The zero-order valence-electron chi connectivity index (χ0n) is 11.1. The van der Waals surface area contributed by atoms with Crippen LogP contribution in [0, 0.1) is 11.6 Å². The van der Waals surface area contributed by atoms with E-state index in [0.717, 1.165) is 18.2 Å². The Morgan fingerprint density at radius 3 is 2.45 bits per heavy atom. The number of carbonyl (C=O) groups is 2. The number of rotatable bonds is 4. The van der Waals surface area contributed by atoms with Gasteiger partial charge in [-0.05, 0) is 36.4 Å². The molecule has 0 fully saturated rings. The number of ether oxygens (including phenoxy) is 1. The third kappa shape index (κ3) is 3.59. The molecule has 0 aliphatic carbocycles. The van der Waals surface area contributed by atoms with Crippen LogP contribution >= 0.6 is 11.6 Å². The van der Waals surface area contributed by atoms with Crippen molar-refractivity contribution in [2.45, 2.75) is 0 Å². The molecule has 0 amide bonds. The van der Waals surface area contributed by atoms with Gasteiger partial charge >= 0.3 is 5.97 Å². The first-order valence-electron chi connectivity index (χ1n) is 6.09. The summed E-state index contributed by atoms with van der Waals surface area (Å²) < 4.78 is 30.6. The Bertz CT molecular complexity index is 750. The van der Waals surface area contributed by atoms with Gasteiger partial charge in [0.25, 0.3) is 0 Å². The fourth-order valence-corrected chi connectivity index (χ4v) is 1.86. The maximum atomic E-state index is 13.0. The lowest BCUT2D eigenvalue weighted by molar-refractivity contribution is 0.0475. The second-order valence-electron chi connectivity index (χ2n) is 4.36. The van der Waals surface area contributed by atoms with Crippen molar-refractivity contribution in [1.29, 1.82) is 0 Å². The number of anilines is 1. The summed E-state index contributed by atoms with van der Waals surface area (Å²) in [6, 6.07) is 6.85. The quantitative estimate of drug-likeness (QED) is 0.532. The first kappa shape index (κ1) is 15.9. The molecule has 0 radical (unpaired) electrons. The summed E-state index contributed by atoms with van der Waals surface area (Å²) in [6.07, 6.45) is 0. The number of hydrogen-bond donors (Lipinski definition) is 1. The van der Waals surface area contributed by atoms with Crippen LogP contribution < -0.4 is 5.73 Å². The number of nitrogen functional groups attached to an aromatic ring is 1. The Morgan fingerprint density at radius 2 is 1.82 bits per heavy atom. The second kappa shape index (κ2) is 6.53. The Balaban J connectivity index is 2.04. The molecule has 0 bridgehead atoms. The zero-order chi connectivity index (χ0) is 16.3. The molecular formula is C15H10ClF2NO3. The summed E-state index contributed by atoms with van der Waals surface area (Å²) in [5, 5.41) is 0.354. The largest absolute Gasteiger partial charge is 0.454 e. The first-order chi connectivity index (χ1) is 10.4. The van der Waals surface area contributed by atoms with Crippen molar-refractivity contribution < 1.29 is 23.1 Å². The lowest BCUT2D eigenvalue weighted by atomic mass is 10.1. The summed E-state index contributed by atoms with van der Waals surface area (Å²) in [7, 11) is 0. The number of Topliss-reactive ketones (excluding diaryl/α,β-unsaturated/α-hetero) is 1. The molecule has 0 unspecified atom stereocenters. The fourth-order valence-electron chi connectivity index (χ4n) is 1.68. The summed E-state index contributed by atoms with van der Waals surface area (Å²) in [5.74, 6) is -3.70. The molecule has 0 saturated carbocycles. The summed E-state index contributed by atoms with van der Waals surface area (Å²) in [6.45, 7) is -0.619. The Morgan fingerprint density at radius 1 is 1.09 bits per heavy atom.